The molecule has 0 saturated carbocycles. The summed E-state index contributed by atoms with van der Waals surface area (Å²) in [5.74, 6) is 0.821. The van der Waals surface area contributed by atoms with E-state index in [1.165, 1.54) is 29.5 Å². The first-order chi connectivity index (χ1) is 19.5. The summed E-state index contributed by atoms with van der Waals surface area (Å²) in [6.07, 6.45) is 1.46. The highest BCUT2D eigenvalue weighted by molar-refractivity contribution is 7.98. The highest BCUT2D eigenvalue weighted by Gasteiger charge is 2.25. The number of carbonyl (C=O) groups is 1. The van der Waals surface area contributed by atoms with Crippen LogP contribution in [0.2, 0.25) is 0 Å². The van der Waals surface area contributed by atoms with E-state index < -0.39 is 6.04 Å². The van der Waals surface area contributed by atoms with Crippen LogP contribution in [-0.2, 0) is 18.6 Å². The summed E-state index contributed by atoms with van der Waals surface area (Å²) in [6, 6.07) is 32.0. The van der Waals surface area contributed by atoms with Gasteiger partial charge in [-0.15, -0.1) is 10.2 Å². The predicted molar refractivity (Wildman–Crippen MR) is 158 cm³/mol. The number of benzene rings is 4. The SMILES string of the molecule is CCc1ccc(C(=O)NC(Cc2ccccc2)c2nnc(SCc3ccc(F)cc3)n2-c2ccc(C)cc2)cc1. The normalized spacial score (nSPS) is 11.8. The molecule has 0 bridgehead atoms. The lowest BCUT2D eigenvalue weighted by atomic mass is 10.0. The molecule has 0 aliphatic rings. The maximum atomic E-state index is 13.5. The molecular formula is C33H31FN4OS. The second kappa shape index (κ2) is 12.7. The maximum Gasteiger partial charge on any atom is 0.251 e. The maximum absolute atomic E-state index is 13.5. The van der Waals surface area contributed by atoms with Gasteiger partial charge >= 0.3 is 0 Å². The van der Waals surface area contributed by atoms with Crippen molar-refractivity contribution in [3.63, 3.8) is 0 Å². The van der Waals surface area contributed by atoms with Gasteiger partial charge in [0.2, 0.25) is 0 Å². The number of hydrogen-bond acceptors (Lipinski definition) is 4. The Morgan fingerprint density at radius 3 is 2.20 bits per heavy atom. The number of nitrogens with one attached hydrogen (secondary N) is 1. The van der Waals surface area contributed by atoms with E-state index in [1.54, 1.807) is 12.1 Å². The highest BCUT2D eigenvalue weighted by Crippen LogP contribution is 2.29. The zero-order chi connectivity index (χ0) is 27.9. The van der Waals surface area contributed by atoms with E-state index in [0.29, 0.717) is 28.7 Å². The summed E-state index contributed by atoms with van der Waals surface area (Å²) < 4.78 is 15.5. The molecule has 1 aromatic heterocycles. The van der Waals surface area contributed by atoms with Gasteiger partial charge in [-0.25, -0.2) is 4.39 Å². The third kappa shape index (κ3) is 6.66. The van der Waals surface area contributed by atoms with Crippen LogP contribution < -0.4 is 5.32 Å². The number of nitrogens with zero attached hydrogens (tertiary/aromatic N) is 3. The van der Waals surface area contributed by atoms with Gasteiger partial charge in [0.1, 0.15) is 5.82 Å². The Kier molecular flexibility index (Phi) is 8.71. The van der Waals surface area contributed by atoms with Crippen molar-refractivity contribution < 1.29 is 9.18 Å². The first-order valence-corrected chi connectivity index (χ1v) is 14.3. The minimum atomic E-state index is -0.435. The Morgan fingerprint density at radius 1 is 0.850 bits per heavy atom. The largest absolute Gasteiger partial charge is 0.342 e. The lowest BCUT2D eigenvalue weighted by Gasteiger charge is -2.20. The average Bonchev–Trinajstić information content (AvgIpc) is 3.41. The van der Waals surface area contributed by atoms with Gasteiger partial charge in [0.05, 0.1) is 6.04 Å². The quantitative estimate of drug-likeness (QED) is 0.186. The fraction of sp³-hybridized carbons (Fsp3) is 0.182. The van der Waals surface area contributed by atoms with Gasteiger partial charge in [0.25, 0.3) is 5.91 Å². The van der Waals surface area contributed by atoms with Crippen molar-refractivity contribution in [1.29, 1.82) is 0 Å². The van der Waals surface area contributed by atoms with Crippen molar-refractivity contribution in [2.75, 3.05) is 0 Å². The molecule has 5 aromatic rings. The first-order valence-electron chi connectivity index (χ1n) is 13.3. The Labute approximate surface area is 238 Å². The van der Waals surface area contributed by atoms with Crippen molar-refractivity contribution in [2.45, 2.75) is 43.6 Å². The smallest absolute Gasteiger partial charge is 0.251 e. The summed E-state index contributed by atoms with van der Waals surface area (Å²) in [5, 5.41) is 13.1. The van der Waals surface area contributed by atoms with Crippen molar-refractivity contribution in [1.82, 2.24) is 20.1 Å². The molecule has 1 N–H and O–H groups in total. The molecule has 0 radical (unpaired) electrons. The molecule has 1 amide bonds. The number of carbonyl (C=O) groups excluding carboxylic acids is 1. The predicted octanol–water partition coefficient (Wildman–Crippen LogP) is 7.28. The van der Waals surface area contributed by atoms with Gasteiger partial charge in [-0.05, 0) is 72.9 Å². The number of aryl methyl sites for hydroxylation is 2. The third-order valence-electron chi connectivity index (χ3n) is 6.76. The molecule has 0 aliphatic heterocycles. The summed E-state index contributed by atoms with van der Waals surface area (Å²) in [4.78, 5) is 13.5. The zero-order valence-corrected chi connectivity index (χ0v) is 23.4. The molecule has 0 spiro atoms. The molecule has 5 nitrogen and oxygen atoms in total. The van der Waals surface area contributed by atoms with Crippen molar-refractivity contribution in [3.8, 4) is 5.69 Å². The zero-order valence-electron chi connectivity index (χ0n) is 22.5. The van der Waals surface area contributed by atoms with Crippen LogP contribution in [0.5, 0.6) is 0 Å². The average molecular weight is 551 g/mol. The van der Waals surface area contributed by atoms with E-state index in [2.05, 4.69) is 22.4 Å². The van der Waals surface area contributed by atoms with E-state index in [0.717, 1.165) is 28.8 Å². The Bertz CT molecular complexity index is 1550. The molecule has 1 unspecified atom stereocenters. The number of thioether (sulfide) groups is 1. The van der Waals surface area contributed by atoms with Crippen LogP contribution in [-0.4, -0.2) is 20.7 Å². The van der Waals surface area contributed by atoms with Gasteiger partial charge < -0.3 is 5.32 Å². The number of aromatic nitrogens is 3. The summed E-state index contributed by atoms with van der Waals surface area (Å²) in [7, 11) is 0. The van der Waals surface area contributed by atoms with Gasteiger partial charge in [0.15, 0.2) is 11.0 Å². The van der Waals surface area contributed by atoms with Crippen molar-refractivity contribution in [3.05, 3.63) is 143 Å². The second-order valence-electron chi connectivity index (χ2n) is 9.69. The van der Waals surface area contributed by atoms with Gasteiger partial charge in [-0.3, -0.25) is 9.36 Å². The molecule has 7 heteroatoms. The van der Waals surface area contributed by atoms with Crippen LogP contribution in [0.1, 0.15) is 51.4 Å². The molecule has 0 saturated heterocycles. The second-order valence-corrected chi connectivity index (χ2v) is 10.6. The molecule has 5 rings (SSSR count). The molecule has 0 fully saturated rings. The summed E-state index contributed by atoms with van der Waals surface area (Å²) in [5.41, 5.74) is 5.89. The van der Waals surface area contributed by atoms with E-state index >= 15 is 0 Å². The third-order valence-corrected chi connectivity index (χ3v) is 7.76. The number of rotatable bonds is 10. The summed E-state index contributed by atoms with van der Waals surface area (Å²) in [6.45, 7) is 4.14. The van der Waals surface area contributed by atoms with E-state index in [-0.39, 0.29) is 11.7 Å². The summed E-state index contributed by atoms with van der Waals surface area (Å²) >= 11 is 1.52. The number of amides is 1. The van der Waals surface area contributed by atoms with E-state index in [9.17, 15) is 9.18 Å². The minimum Gasteiger partial charge on any atom is -0.342 e. The Morgan fingerprint density at radius 2 is 1.52 bits per heavy atom. The van der Waals surface area contributed by atoms with Gasteiger partial charge in [-0.2, -0.15) is 0 Å². The fourth-order valence-corrected chi connectivity index (χ4v) is 5.37. The van der Waals surface area contributed by atoms with Crippen LogP contribution in [0.3, 0.4) is 0 Å². The molecule has 1 heterocycles. The molecule has 40 heavy (non-hydrogen) atoms. The van der Waals surface area contributed by atoms with E-state index in [4.69, 9.17) is 0 Å². The number of hydrogen-bond donors (Lipinski definition) is 1. The van der Waals surface area contributed by atoms with Crippen molar-refractivity contribution in [2.24, 2.45) is 0 Å². The van der Waals surface area contributed by atoms with E-state index in [1.807, 2.05) is 90.4 Å². The lowest BCUT2D eigenvalue weighted by Crippen LogP contribution is -2.32. The molecule has 0 aliphatic carbocycles. The monoisotopic (exact) mass is 550 g/mol. The van der Waals surface area contributed by atoms with Crippen LogP contribution in [0.25, 0.3) is 5.69 Å². The standard InChI is InChI=1S/C33H31FN4OS/c1-3-24-11-15-27(16-12-24)32(39)35-30(21-25-7-5-4-6-8-25)31-36-37-33(38(31)29-19-9-23(2)10-20-29)40-22-26-13-17-28(34)18-14-26/h4-20,30H,3,21-22H2,1-2H3,(H,35,39). The van der Waals surface area contributed by atoms with Crippen LogP contribution in [0.4, 0.5) is 4.39 Å². The van der Waals surface area contributed by atoms with Crippen LogP contribution in [0, 0.1) is 12.7 Å². The Hall–Kier alpha value is -4.23. The minimum absolute atomic E-state index is 0.164. The Balaban J connectivity index is 1.52. The molecular weight excluding hydrogens is 519 g/mol. The molecule has 4 aromatic carbocycles. The molecule has 202 valence electrons. The van der Waals surface area contributed by atoms with Crippen molar-refractivity contribution >= 4 is 17.7 Å². The molecule has 1 atom stereocenters. The topological polar surface area (TPSA) is 59.8 Å². The first kappa shape index (κ1) is 27.3. The lowest BCUT2D eigenvalue weighted by molar-refractivity contribution is 0.0934. The fourth-order valence-electron chi connectivity index (χ4n) is 4.46. The van der Waals surface area contributed by atoms with Crippen LogP contribution >= 0.6 is 11.8 Å². The van der Waals surface area contributed by atoms with Gasteiger partial charge in [0, 0.05) is 17.0 Å². The highest BCUT2D eigenvalue weighted by atomic mass is 32.2. The van der Waals surface area contributed by atoms with Gasteiger partial charge in [-0.1, -0.05) is 91.0 Å². The number of halogens is 1. The van der Waals surface area contributed by atoms with Crippen LogP contribution in [0.15, 0.2) is 108 Å².